The minimum atomic E-state index is -0.624. The average Bonchev–Trinajstić information content (AvgIpc) is 2.51. The van der Waals surface area contributed by atoms with E-state index in [1.165, 1.54) is 12.1 Å². The van der Waals surface area contributed by atoms with Crippen LogP contribution in [0.15, 0.2) is 54.6 Å². The number of aliphatic hydroxyl groups is 1. The molecule has 0 radical (unpaired) electrons. The van der Waals surface area contributed by atoms with Crippen molar-refractivity contribution in [2.24, 2.45) is 0 Å². The predicted molar refractivity (Wildman–Crippen MR) is 80.8 cm³/mol. The maximum Gasteiger partial charge on any atom is 0.123 e. The summed E-state index contributed by atoms with van der Waals surface area (Å²) >= 11 is 0. The summed E-state index contributed by atoms with van der Waals surface area (Å²) in [6, 6.07) is 15.8. The van der Waals surface area contributed by atoms with Crippen molar-refractivity contribution in [3.63, 3.8) is 0 Å². The number of rotatable bonds is 7. The van der Waals surface area contributed by atoms with Crippen molar-refractivity contribution in [2.45, 2.75) is 19.1 Å². The zero-order valence-corrected chi connectivity index (χ0v) is 12.0. The van der Waals surface area contributed by atoms with Gasteiger partial charge in [-0.2, -0.15) is 0 Å². The van der Waals surface area contributed by atoms with Gasteiger partial charge in [-0.3, -0.25) is 0 Å². The van der Waals surface area contributed by atoms with E-state index in [0.717, 1.165) is 11.3 Å². The summed E-state index contributed by atoms with van der Waals surface area (Å²) in [5.41, 5.74) is 0.853. The van der Waals surface area contributed by atoms with Crippen molar-refractivity contribution in [2.75, 3.05) is 13.2 Å². The van der Waals surface area contributed by atoms with Crippen LogP contribution in [0.1, 0.15) is 18.5 Å². The van der Waals surface area contributed by atoms with Gasteiger partial charge in [0.1, 0.15) is 24.3 Å². The Morgan fingerprint density at radius 1 is 1.14 bits per heavy atom. The standard InChI is InChI=1S/C17H20FNO2/c1-13(14-6-5-7-15(18)10-14)19-11-16(20)12-21-17-8-3-2-4-9-17/h2-10,13,16,19-20H,11-12H2,1H3/t13-,16?/m1/s1. The molecular formula is C17H20FNO2. The highest BCUT2D eigenvalue weighted by Crippen LogP contribution is 2.13. The van der Waals surface area contributed by atoms with E-state index in [2.05, 4.69) is 5.32 Å². The average molecular weight is 289 g/mol. The number of hydrogen-bond donors (Lipinski definition) is 2. The summed E-state index contributed by atoms with van der Waals surface area (Å²) in [4.78, 5) is 0. The van der Waals surface area contributed by atoms with Crippen molar-refractivity contribution in [1.29, 1.82) is 0 Å². The van der Waals surface area contributed by atoms with Gasteiger partial charge in [0.15, 0.2) is 0 Å². The van der Waals surface area contributed by atoms with Crippen molar-refractivity contribution in [3.05, 3.63) is 66.0 Å². The third kappa shape index (κ3) is 5.17. The summed E-state index contributed by atoms with van der Waals surface area (Å²) in [6.45, 7) is 2.52. The SMILES string of the molecule is C[C@@H](NCC(O)COc1ccccc1)c1cccc(F)c1. The molecule has 0 aromatic heterocycles. The van der Waals surface area contributed by atoms with Crippen LogP contribution >= 0.6 is 0 Å². The third-order valence-electron chi connectivity index (χ3n) is 3.19. The molecular weight excluding hydrogens is 269 g/mol. The first-order valence-corrected chi connectivity index (χ1v) is 7.00. The van der Waals surface area contributed by atoms with Crippen LogP contribution in [0.3, 0.4) is 0 Å². The summed E-state index contributed by atoms with van der Waals surface area (Å²) in [5.74, 6) is 0.476. The molecule has 2 aromatic rings. The lowest BCUT2D eigenvalue weighted by Crippen LogP contribution is -2.33. The molecule has 0 heterocycles. The fraction of sp³-hybridized carbons (Fsp3) is 0.294. The first kappa shape index (κ1) is 15.5. The van der Waals surface area contributed by atoms with Gasteiger partial charge in [-0.25, -0.2) is 4.39 Å². The second kappa shape index (κ2) is 7.76. The molecule has 3 nitrogen and oxygen atoms in total. The van der Waals surface area contributed by atoms with E-state index in [0.29, 0.717) is 6.54 Å². The van der Waals surface area contributed by atoms with Gasteiger partial charge in [0.2, 0.25) is 0 Å². The highest BCUT2D eigenvalue weighted by atomic mass is 19.1. The fourth-order valence-corrected chi connectivity index (χ4v) is 1.97. The van der Waals surface area contributed by atoms with Crippen LogP contribution in [0.4, 0.5) is 4.39 Å². The predicted octanol–water partition coefficient (Wildman–Crippen LogP) is 2.92. The van der Waals surface area contributed by atoms with Gasteiger partial charge in [-0.05, 0) is 36.8 Å². The van der Waals surface area contributed by atoms with Gasteiger partial charge in [0, 0.05) is 12.6 Å². The van der Waals surface area contributed by atoms with Gasteiger partial charge in [0.25, 0.3) is 0 Å². The lowest BCUT2D eigenvalue weighted by atomic mass is 10.1. The molecule has 2 aromatic carbocycles. The van der Waals surface area contributed by atoms with E-state index in [1.54, 1.807) is 6.07 Å². The molecule has 0 aliphatic rings. The van der Waals surface area contributed by atoms with Crippen LogP contribution in [-0.2, 0) is 0 Å². The summed E-state index contributed by atoms with van der Waals surface area (Å²) in [7, 11) is 0. The largest absolute Gasteiger partial charge is 0.491 e. The summed E-state index contributed by atoms with van der Waals surface area (Å²) < 4.78 is 18.6. The zero-order chi connectivity index (χ0) is 15.1. The fourth-order valence-electron chi connectivity index (χ4n) is 1.97. The molecule has 0 aliphatic carbocycles. The molecule has 0 spiro atoms. The summed E-state index contributed by atoms with van der Waals surface area (Å²) in [5, 5.41) is 13.1. The molecule has 0 saturated carbocycles. The van der Waals surface area contributed by atoms with Gasteiger partial charge >= 0.3 is 0 Å². The maximum absolute atomic E-state index is 13.1. The van der Waals surface area contributed by atoms with E-state index >= 15 is 0 Å². The van der Waals surface area contributed by atoms with Gasteiger partial charge in [-0.15, -0.1) is 0 Å². The van der Waals surface area contributed by atoms with Crippen LogP contribution in [0.25, 0.3) is 0 Å². The van der Waals surface area contributed by atoms with Gasteiger partial charge in [0.05, 0.1) is 0 Å². The number of ether oxygens (including phenoxy) is 1. The Balaban J connectivity index is 1.74. The molecule has 0 amide bonds. The maximum atomic E-state index is 13.1. The highest BCUT2D eigenvalue weighted by Gasteiger charge is 2.10. The number of para-hydroxylation sites is 1. The molecule has 112 valence electrons. The first-order valence-electron chi connectivity index (χ1n) is 7.00. The number of nitrogens with one attached hydrogen (secondary N) is 1. The van der Waals surface area contributed by atoms with Crippen LogP contribution in [0, 0.1) is 5.82 Å². The Morgan fingerprint density at radius 3 is 2.62 bits per heavy atom. The van der Waals surface area contributed by atoms with Crippen LogP contribution in [0.2, 0.25) is 0 Å². The molecule has 0 aliphatic heterocycles. The molecule has 2 N–H and O–H groups in total. The molecule has 2 atom stereocenters. The summed E-state index contributed by atoms with van der Waals surface area (Å²) in [6.07, 6.45) is -0.624. The molecule has 1 unspecified atom stereocenters. The van der Waals surface area contributed by atoms with E-state index in [4.69, 9.17) is 4.74 Å². The number of halogens is 1. The lowest BCUT2D eigenvalue weighted by molar-refractivity contribution is 0.104. The van der Waals surface area contributed by atoms with Crippen molar-refractivity contribution >= 4 is 0 Å². The van der Waals surface area contributed by atoms with E-state index < -0.39 is 6.10 Å². The lowest BCUT2D eigenvalue weighted by Gasteiger charge is -2.18. The van der Waals surface area contributed by atoms with Crippen LogP contribution in [-0.4, -0.2) is 24.4 Å². The quantitative estimate of drug-likeness (QED) is 0.823. The second-order valence-corrected chi connectivity index (χ2v) is 4.96. The van der Waals surface area contributed by atoms with Crippen molar-refractivity contribution < 1.29 is 14.2 Å². The first-order chi connectivity index (χ1) is 10.1. The number of aliphatic hydroxyl groups excluding tert-OH is 1. The Bertz CT molecular complexity index is 547. The monoisotopic (exact) mass is 289 g/mol. The third-order valence-corrected chi connectivity index (χ3v) is 3.19. The Kier molecular flexibility index (Phi) is 5.72. The Hall–Kier alpha value is -1.91. The van der Waals surface area contributed by atoms with E-state index in [9.17, 15) is 9.50 Å². The van der Waals surface area contributed by atoms with Gasteiger partial charge in [-0.1, -0.05) is 30.3 Å². The normalized spacial score (nSPS) is 13.7. The van der Waals surface area contributed by atoms with Crippen molar-refractivity contribution in [3.8, 4) is 5.75 Å². The zero-order valence-electron chi connectivity index (χ0n) is 12.0. The molecule has 2 rings (SSSR count). The minimum absolute atomic E-state index is 0.0351. The van der Waals surface area contributed by atoms with E-state index in [1.807, 2.05) is 43.3 Å². The van der Waals surface area contributed by atoms with Gasteiger partial charge < -0.3 is 15.2 Å². The Morgan fingerprint density at radius 2 is 1.90 bits per heavy atom. The number of hydrogen-bond acceptors (Lipinski definition) is 3. The smallest absolute Gasteiger partial charge is 0.123 e. The van der Waals surface area contributed by atoms with Crippen molar-refractivity contribution in [1.82, 2.24) is 5.32 Å². The molecule has 0 saturated heterocycles. The molecule has 4 heteroatoms. The molecule has 21 heavy (non-hydrogen) atoms. The molecule has 0 fully saturated rings. The Labute approximate surface area is 124 Å². The molecule has 0 bridgehead atoms. The second-order valence-electron chi connectivity index (χ2n) is 4.96. The van der Waals surface area contributed by atoms with Crippen LogP contribution < -0.4 is 10.1 Å². The highest BCUT2D eigenvalue weighted by molar-refractivity contribution is 5.21. The number of benzene rings is 2. The van der Waals surface area contributed by atoms with E-state index in [-0.39, 0.29) is 18.5 Å². The minimum Gasteiger partial charge on any atom is -0.491 e. The van der Waals surface area contributed by atoms with Crippen LogP contribution in [0.5, 0.6) is 5.75 Å². The topological polar surface area (TPSA) is 41.5 Å².